The second kappa shape index (κ2) is 43.6. The molecule has 1 amide bonds. The van der Waals surface area contributed by atoms with Crippen molar-refractivity contribution in [3.63, 3.8) is 0 Å². The van der Waals surface area contributed by atoms with E-state index in [2.05, 4.69) is 43.5 Å². The average Bonchev–Trinajstić information content (AvgIpc) is 3.55. The molecular formula is C60H109NO18. The number of ether oxygens (including phenoxy) is 6. The van der Waals surface area contributed by atoms with Crippen LogP contribution in [-0.2, 0) is 33.2 Å². The van der Waals surface area contributed by atoms with Crippen LogP contribution in [0.1, 0.15) is 206 Å². The Morgan fingerprint density at radius 1 is 0.443 bits per heavy atom. The molecule has 0 spiro atoms. The highest BCUT2D eigenvalue weighted by atomic mass is 16.8. The molecule has 19 nitrogen and oxygen atoms in total. The molecule has 79 heavy (non-hydrogen) atoms. The van der Waals surface area contributed by atoms with Gasteiger partial charge in [-0.3, -0.25) is 4.79 Å². The van der Waals surface area contributed by atoms with Gasteiger partial charge in [0.2, 0.25) is 5.91 Å². The Bertz CT molecular complexity index is 1590. The number of carbonyl (C=O) groups excluding carboxylic acids is 1. The zero-order chi connectivity index (χ0) is 57.6. The Kier molecular flexibility index (Phi) is 39.4. The van der Waals surface area contributed by atoms with Crippen molar-refractivity contribution in [2.45, 2.75) is 311 Å². The van der Waals surface area contributed by atoms with Crippen LogP contribution in [0.2, 0.25) is 0 Å². The highest BCUT2D eigenvalue weighted by Gasteiger charge is 2.53. The molecule has 19 heteroatoms. The van der Waals surface area contributed by atoms with E-state index in [1.165, 1.54) is 128 Å². The molecule has 0 aliphatic carbocycles. The minimum Gasteiger partial charge on any atom is -0.394 e. The molecule has 12 N–H and O–H groups in total. The largest absolute Gasteiger partial charge is 0.394 e. The summed E-state index contributed by atoms with van der Waals surface area (Å²) in [7, 11) is 0. The van der Waals surface area contributed by atoms with Crippen molar-refractivity contribution >= 4 is 5.91 Å². The number of allylic oxidation sites excluding steroid dienone is 5. The second-order valence-corrected chi connectivity index (χ2v) is 22.2. The van der Waals surface area contributed by atoms with Crippen LogP contribution in [0.4, 0.5) is 0 Å². The fourth-order valence-electron chi connectivity index (χ4n) is 10.3. The third-order valence-electron chi connectivity index (χ3n) is 15.4. The van der Waals surface area contributed by atoms with Gasteiger partial charge in [0.05, 0.1) is 38.6 Å². The number of nitrogens with one attached hydrogen (secondary N) is 1. The molecule has 3 heterocycles. The van der Waals surface area contributed by atoms with Gasteiger partial charge in [0.15, 0.2) is 18.9 Å². The van der Waals surface area contributed by atoms with E-state index in [0.29, 0.717) is 12.8 Å². The lowest BCUT2D eigenvalue weighted by Gasteiger charge is -2.48. The summed E-state index contributed by atoms with van der Waals surface area (Å²) < 4.78 is 34.2. The van der Waals surface area contributed by atoms with Gasteiger partial charge < -0.3 is 89.9 Å². The van der Waals surface area contributed by atoms with Gasteiger partial charge in [0, 0.05) is 6.42 Å². The van der Waals surface area contributed by atoms with Gasteiger partial charge in [0.1, 0.15) is 73.2 Å². The lowest BCUT2D eigenvalue weighted by atomic mass is 9.96. The van der Waals surface area contributed by atoms with Gasteiger partial charge in [0.25, 0.3) is 0 Å². The van der Waals surface area contributed by atoms with Crippen LogP contribution in [0.3, 0.4) is 0 Å². The van der Waals surface area contributed by atoms with Crippen molar-refractivity contribution in [1.82, 2.24) is 5.32 Å². The maximum Gasteiger partial charge on any atom is 0.220 e. The number of aliphatic hydroxyl groups excluding tert-OH is 11. The molecular weight excluding hydrogens is 1020 g/mol. The molecule has 0 bridgehead atoms. The third kappa shape index (κ3) is 27.5. The molecule has 3 aliphatic heterocycles. The van der Waals surface area contributed by atoms with Crippen molar-refractivity contribution in [1.29, 1.82) is 0 Å². The number of unbranched alkanes of at least 4 members (excludes halogenated alkanes) is 25. The van der Waals surface area contributed by atoms with Crippen LogP contribution in [0.25, 0.3) is 0 Å². The van der Waals surface area contributed by atoms with Crippen LogP contribution < -0.4 is 5.32 Å². The molecule has 3 fully saturated rings. The molecule has 0 aromatic heterocycles. The minimum atomic E-state index is -1.98. The van der Waals surface area contributed by atoms with E-state index in [1.54, 1.807) is 6.08 Å². The van der Waals surface area contributed by atoms with Crippen LogP contribution >= 0.6 is 0 Å². The summed E-state index contributed by atoms with van der Waals surface area (Å²) in [6.07, 6.45) is 19.8. The van der Waals surface area contributed by atoms with E-state index in [0.717, 1.165) is 44.9 Å². The predicted octanol–water partition coefficient (Wildman–Crippen LogP) is 5.71. The van der Waals surface area contributed by atoms with Crippen molar-refractivity contribution in [3.05, 3.63) is 36.5 Å². The predicted molar refractivity (Wildman–Crippen MR) is 300 cm³/mol. The summed E-state index contributed by atoms with van der Waals surface area (Å²) in [5.41, 5.74) is 0. The Morgan fingerprint density at radius 3 is 1.27 bits per heavy atom. The van der Waals surface area contributed by atoms with Crippen molar-refractivity contribution in [3.8, 4) is 0 Å². The fraction of sp³-hybridized carbons (Fsp3) is 0.883. The number of hydrogen-bond acceptors (Lipinski definition) is 18. The summed E-state index contributed by atoms with van der Waals surface area (Å²) in [6, 6.07) is -0.992. The van der Waals surface area contributed by atoms with E-state index in [4.69, 9.17) is 28.4 Å². The minimum absolute atomic E-state index is 0.235. The molecule has 462 valence electrons. The first-order chi connectivity index (χ1) is 38.3. The number of rotatable bonds is 45. The number of amides is 1. The van der Waals surface area contributed by atoms with Crippen molar-refractivity contribution < 1.29 is 89.4 Å². The standard InChI is InChI=1S/C60H109NO18/c1-3-5-7-9-11-13-15-17-19-21-23-25-27-29-31-33-35-37-44(65)43(61-48(66)38-36-34-32-30-28-26-24-22-20-18-16-14-12-10-8-6-4-2)42-74-58-54(72)51(69)56(46(40-63)76-58)79-60-55(73)52(70)57(47(41-64)77-60)78-59-53(71)50(68)49(67)45(39-62)75-59/h19,21,27,29,35,37,43-47,49-60,62-65,67-73H,3-18,20,22-26,28,30-34,36,38-42H2,1-2H3,(H,61,66)/b21-19+,29-27+,37-35+. The average molecular weight is 1130 g/mol. The Labute approximate surface area is 472 Å². The molecule has 0 aromatic rings. The van der Waals surface area contributed by atoms with E-state index >= 15 is 0 Å². The van der Waals surface area contributed by atoms with Crippen LogP contribution in [-0.4, -0.2) is 193 Å². The Morgan fingerprint density at radius 2 is 0.810 bits per heavy atom. The number of aliphatic hydroxyl groups is 11. The zero-order valence-electron chi connectivity index (χ0n) is 48.1. The first kappa shape index (κ1) is 71.3. The van der Waals surface area contributed by atoms with Crippen LogP contribution in [0.15, 0.2) is 36.5 Å². The second-order valence-electron chi connectivity index (χ2n) is 22.2. The monoisotopic (exact) mass is 1130 g/mol. The highest BCUT2D eigenvalue weighted by Crippen LogP contribution is 2.33. The van der Waals surface area contributed by atoms with Crippen LogP contribution in [0, 0.1) is 0 Å². The highest BCUT2D eigenvalue weighted by molar-refractivity contribution is 5.76. The van der Waals surface area contributed by atoms with Gasteiger partial charge in [-0.2, -0.15) is 0 Å². The van der Waals surface area contributed by atoms with Crippen molar-refractivity contribution in [2.75, 3.05) is 26.4 Å². The quantitative estimate of drug-likeness (QED) is 0.0257. The Balaban J connectivity index is 1.52. The van der Waals surface area contributed by atoms with Gasteiger partial charge in [-0.15, -0.1) is 0 Å². The first-order valence-corrected chi connectivity index (χ1v) is 30.7. The summed E-state index contributed by atoms with van der Waals surface area (Å²) in [4.78, 5) is 13.3. The SMILES string of the molecule is CCCCCCCCC/C=C/CC/C=C/CC/C=C/C(O)C(COC1OC(CO)C(OC2OC(CO)C(OC3OC(CO)C(O)C(O)C3O)C(O)C2O)C(O)C1O)NC(=O)CCCCCCCCCCCCCCCCCCC. The summed E-state index contributed by atoms with van der Waals surface area (Å²) in [5.74, 6) is -0.288. The van der Waals surface area contributed by atoms with Gasteiger partial charge in [-0.05, 0) is 44.9 Å². The molecule has 3 saturated heterocycles. The first-order valence-electron chi connectivity index (χ1n) is 30.7. The molecule has 3 rings (SSSR count). The van der Waals surface area contributed by atoms with Gasteiger partial charge in [-0.25, -0.2) is 0 Å². The molecule has 0 radical (unpaired) electrons. The maximum absolute atomic E-state index is 13.3. The molecule has 17 atom stereocenters. The van der Waals surface area contributed by atoms with E-state index < -0.39 is 124 Å². The Hall–Kier alpha value is -1.99. The number of hydrogen-bond donors (Lipinski definition) is 12. The maximum atomic E-state index is 13.3. The lowest BCUT2D eigenvalue weighted by molar-refractivity contribution is -0.379. The van der Waals surface area contributed by atoms with Gasteiger partial charge >= 0.3 is 0 Å². The fourth-order valence-corrected chi connectivity index (χ4v) is 10.3. The van der Waals surface area contributed by atoms with Crippen LogP contribution in [0.5, 0.6) is 0 Å². The lowest BCUT2D eigenvalue weighted by Crippen LogP contribution is -2.66. The molecule has 0 aromatic carbocycles. The summed E-state index contributed by atoms with van der Waals surface area (Å²) in [6.45, 7) is 1.69. The topological polar surface area (TPSA) is 307 Å². The molecule has 0 saturated carbocycles. The normalized spacial score (nSPS) is 30.5. The van der Waals surface area contributed by atoms with E-state index in [9.17, 15) is 61.0 Å². The smallest absolute Gasteiger partial charge is 0.220 e. The summed E-state index contributed by atoms with van der Waals surface area (Å²) in [5, 5.41) is 120. The van der Waals surface area contributed by atoms with Crippen molar-refractivity contribution in [2.24, 2.45) is 0 Å². The molecule has 17 unspecified atom stereocenters. The molecule has 3 aliphatic rings. The van der Waals surface area contributed by atoms with Gasteiger partial charge in [-0.1, -0.05) is 192 Å². The third-order valence-corrected chi connectivity index (χ3v) is 15.4. The summed E-state index contributed by atoms with van der Waals surface area (Å²) >= 11 is 0. The van der Waals surface area contributed by atoms with E-state index in [-0.39, 0.29) is 18.9 Å². The number of carbonyl (C=O) groups is 1. The zero-order valence-corrected chi connectivity index (χ0v) is 48.1. The van der Waals surface area contributed by atoms with E-state index in [1.807, 2.05) is 6.08 Å².